The van der Waals surface area contributed by atoms with Gasteiger partial charge in [-0.05, 0) is 30.5 Å². The van der Waals surface area contributed by atoms with Crippen molar-refractivity contribution in [3.05, 3.63) is 35.6 Å². The Morgan fingerprint density at radius 3 is 2.40 bits per heavy atom. The first-order valence-corrected chi connectivity index (χ1v) is 5.23. The number of hydrogen-bond donors (Lipinski definition) is 2. The highest BCUT2D eigenvalue weighted by Crippen LogP contribution is 2.12. The zero-order valence-corrected chi connectivity index (χ0v) is 9.20. The topological polar surface area (TPSA) is 32.3 Å². The molecule has 0 radical (unpaired) electrons. The lowest BCUT2D eigenvalue weighted by atomic mass is 10.1. The van der Waals surface area contributed by atoms with Crippen LogP contribution in [0, 0.1) is 11.7 Å². The van der Waals surface area contributed by atoms with Crippen LogP contribution in [0.25, 0.3) is 0 Å². The van der Waals surface area contributed by atoms with Gasteiger partial charge in [0.2, 0.25) is 0 Å². The Kier molecular flexibility index (Phi) is 4.72. The highest BCUT2D eigenvalue weighted by atomic mass is 19.1. The van der Waals surface area contributed by atoms with Gasteiger partial charge in [0.05, 0.1) is 0 Å². The third-order valence-corrected chi connectivity index (χ3v) is 2.45. The molecule has 0 spiro atoms. The van der Waals surface area contributed by atoms with Crippen LogP contribution in [0.2, 0.25) is 0 Å². The molecule has 2 atom stereocenters. The smallest absolute Gasteiger partial charge is 0.123 e. The van der Waals surface area contributed by atoms with Gasteiger partial charge in [0.1, 0.15) is 5.82 Å². The molecule has 1 unspecified atom stereocenters. The van der Waals surface area contributed by atoms with Gasteiger partial charge >= 0.3 is 0 Å². The Morgan fingerprint density at radius 1 is 1.27 bits per heavy atom. The molecule has 1 rings (SSSR count). The Hall–Kier alpha value is -0.930. The van der Waals surface area contributed by atoms with E-state index < -0.39 is 0 Å². The molecule has 0 heterocycles. The Bertz CT molecular complexity index is 286. The predicted octanol–water partition coefficient (Wildman–Crippen LogP) is 2.10. The van der Waals surface area contributed by atoms with Crippen molar-refractivity contribution in [3.8, 4) is 0 Å². The van der Waals surface area contributed by atoms with E-state index in [0.29, 0.717) is 0 Å². The lowest BCUT2D eigenvalue weighted by molar-refractivity contribution is 0.231. The van der Waals surface area contributed by atoms with E-state index in [2.05, 4.69) is 5.32 Å². The summed E-state index contributed by atoms with van der Waals surface area (Å²) in [6.07, 6.45) is 0. The largest absolute Gasteiger partial charge is 0.396 e. The van der Waals surface area contributed by atoms with Gasteiger partial charge in [-0.15, -0.1) is 0 Å². The summed E-state index contributed by atoms with van der Waals surface area (Å²) in [5.74, 6) is 0.0302. The molecule has 3 heteroatoms. The van der Waals surface area contributed by atoms with Crippen LogP contribution in [0.3, 0.4) is 0 Å². The van der Waals surface area contributed by atoms with E-state index >= 15 is 0 Å². The first-order chi connectivity index (χ1) is 7.13. The zero-order chi connectivity index (χ0) is 11.3. The van der Waals surface area contributed by atoms with Crippen LogP contribution in [0.15, 0.2) is 24.3 Å². The maximum atomic E-state index is 12.7. The summed E-state index contributed by atoms with van der Waals surface area (Å²) < 4.78 is 12.7. The van der Waals surface area contributed by atoms with Crippen LogP contribution in [0.1, 0.15) is 25.5 Å². The molecule has 0 fully saturated rings. The molecule has 0 saturated heterocycles. The van der Waals surface area contributed by atoms with Crippen molar-refractivity contribution in [1.29, 1.82) is 0 Å². The van der Waals surface area contributed by atoms with E-state index in [4.69, 9.17) is 5.11 Å². The highest BCUT2D eigenvalue weighted by molar-refractivity contribution is 5.19. The van der Waals surface area contributed by atoms with Crippen LogP contribution >= 0.6 is 0 Å². The van der Waals surface area contributed by atoms with Crippen LogP contribution in [-0.2, 0) is 0 Å². The second-order valence-electron chi connectivity index (χ2n) is 3.97. The van der Waals surface area contributed by atoms with Gasteiger partial charge in [-0.1, -0.05) is 19.1 Å². The minimum absolute atomic E-state index is 0.180. The Balaban J connectivity index is 2.46. The minimum Gasteiger partial charge on any atom is -0.396 e. The van der Waals surface area contributed by atoms with Gasteiger partial charge in [-0.25, -0.2) is 4.39 Å². The second kappa shape index (κ2) is 5.83. The average molecular weight is 211 g/mol. The fourth-order valence-electron chi connectivity index (χ4n) is 1.31. The fourth-order valence-corrected chi connectivity index (χ4v) is 1.31. The summed E-state index contributed by atoms with van der Waals surface area (Å²) in [7, 11) is 0. The molecule has 0 aliphatic heterocycles. The van der Waals surface area contributed by atoms with Crippen LogP contribution in [0.4, 0.5) is 4.39 Å². The van der Waals surface area contributed by atoms with E-state index in [-0.39, 0.29) is 24.4 Å². The van der Waals surface area contributed by atoms with Gasteiger partial charge in [-0.2, -0.15) is 0 Å². The molecule has 0 aromatic heterocycles. The molecule has 1 aromatic rings. The van der Waals surface area contributed by atoms with E-state index in [1.54, 1.807) is 12.1 Å². The molecule has 0 aliphatic rings. The summed E-state index contributed by atoms with van der Waals surface area (Å²) >= 11 is 0. The molecule has 15 heavy (non-hydrogen) atoms. The lowest BCUT2D eigenvalue weighted by Crippen LogP contribution is -2.26. The maximum absolute atomic E-state index is 12.7. The van der Waals surface area contributed by atoms with Crippen molar-refractivity contribution < 1.29 is 9.50 Å². The fraction of sp³-hybridized carbons (Fsp3) is 0.500. The molecular formula is C12H18FNO. The summed E-state index contributed by atoms with van der Waals surface area (Å²) in [6.45, 7) is 4.94. The maximum Gasteiger partial charge on any atom is 0.123 e. The van der Waals surface area contributed by atoms with Gasteiger partial charge in [0.25, 0.3) is 0 Å². The van der Waals surface area contributed by atoms with Gasteiger partial charge < -0.3 is 10.4 Å². The number of aliphatic hydroxyl groups excluding tert-OH is 1. The number of halogens is 1. The monoisotopic (exact) mass is 211 g/mol. The van der Waals surface area contributed by atoms with Gasteiger partial charge in [0, 0.05) is 19.2 Å². The predicted molar refractivity (Wildman–Crippen MR) is 59.1 cm³/mol. The molecule has 0 aliphatic carbocycles. The number of nitrogens with one attached hydrogen (secondary N) is 1. The van der Waals surface area contributed by atoms with E-state index in [1.807, 2.05) is 13.8 Å². The average Bonchev–Trinajstić information content (AvgIpc) is 2.26. The Morgan fingerprint density at radius 2 is 1.87 bits per heavy atom. The van der Waals surface area contributed by atoms with E-state index in [1.165, 1.54) is 12.1 Å². The van der Waals surface area contributed by atoms with Gasteiger partial charge in [-0.3, -0.25) is 0 Å². The van der Waals surface area contributed by atoms with Crippen molar-refractivity contribution in [3.63, 3.8) is 0 Å². The van der Waals surface area contributed by atoms with E-state index in [0.717, 1.165) is 12.1 Å². The summed E-state index contributed by atoms with van der Waals surface area (Å²) in [5, 5.41) is 12.2. The number of hydrogen-bond acceptors (Lipinski definition) is 2. The quantitative estimate of drug-likeness (QED) is 0.781. The minimum atomic E-state index is -0.213. The molecule has 1 aromatic carbocycles. The molecule has 0 amide bonds. The lowest BCUT2D eigenvalue weighted by Gasteiger charge is -2.16. The number of aliphatic hydroxyl groups is 1. The molecule has 0 bridgehead atoms. The summed E-state index contributed by atoms with van der Waals surface area (Å²) in [4.78, 5) is 0. The third-order valence-electron chi connectivity index (χ3n) is 2.45. The molecule has 0 saturated carbocycles. The number of benzene rings is 1. The van der Waals surface area contributed by atoms with Crippen molar-refractivity contribution >= 4 is 0 Å². The first kappa shape index (κ1) is 12.1. The summed E-state index contributed by atoms with van der Waals surface area (Å²) in [6, 6.07) is 6.65. The zero-order valence-electron chi connectivity index (χ0n) is 9.20. The van der Waals surface area contributed by atoms with Crippen molar-refractivity contribution in [2.45, 2.75) is 19.9 Å². The standard InChI is InChI=1S/C12H18FNO/c1-9(8-15)7-14-10(2)11-3-5-12(13)6-4-11/h3-6,9-10,14-15H,7-8H2,1-2H3/t9?,10-/m0/s1. The normalized spacial score (nSPS) is 14.9. The molecule has 2 nitrogen and oxygen atoms in total. The van der Waals surface area contributed by atoms with E-state index in [9.17, 15) is 4.39 Å². The molecule has 2 N–H and O–H groups in total. The van der Waals surface area contributed by atoms with Crippen molar-refractivity contribution in [2.24, 2.45) is 5.92 Å². The second-order valence-corrected chi connectivity index (χ2v) is 3.97. The summed E-state index contributed by atoms with van der Waals surface area (Å²) in [5.41, 5.74) is 1.06. The Labute approximate surface area is 90.1 Å². The van der Waals surface area contributed by atoms with Crippen LogP contribution < -0.4 is 5.32 Å². The number of rotatable bonds is 5. The third kappa shape index (κ3) is 3.98. The SMILES string of the molecule is CC(CO)CN[C@@H](C)c1ccc(F)cc1. The van der Waals surface area contributed by atoms with Gasteiger partial charge in [0.15, 0.2) is 0 Å². The molecular weight excluding hydrogens is 193 g/mol. The molecule has 84 valence electrons. The first-order valence-electron chi connectivity index (χ1n) is 5.23. The van der Waals surface area contributed by atoms with Crippen molar-refractivity contribution in [1.82, 2.24) is 5.32 Å². The van der Waals surface area contributed by atoms with Crippen LogP contribution in [-0.4, -0.2) is 18.3 Å². The highest BCUT2D eigenvalue weighted by Gasteiger charge is 2.06. The van der Waals surface area contributed by atoms with Crippen molar-refractivity contribution in [2.75, 3.05) is 13.2 Å². The van der Waals surface area contributed by atoms with Crippen LogP contribution in [0.5, 0.6) is 0 Å².